The Balaban J connectivity index is 1.90. The van der Waals surface area contributed by atoms with E-state index in [2.05, 4.69) is 22.2 Å². The number of nitrogens with zero attached hydrogens (tertiary/aromatic N) is 2. The molecule has 0 spiro atoms. The fourth-order valence-corrected chi connectivity index (χ4v) is 3.01. The largest absolute Gasteiger partial charge is 0.478 e. The lowest BCUT2D eigenvalue weighted by molar-refractivity contribution is 0.316. The third-order valence-electron chi connectivity index (χ3n) is 4.00. The highest BCUT2D eigenvalue weighted by Gasteiger charge is 2.21. The minimum absolute atomic E-state index is 0.513. The number of hydrogen-bond donors (Lipinski definition) is 1. The molecule has 0 atom stereocenters. The molecule has 1 heterocycles. The lowest BCUT2D eigenvalue weighted by Crippen LogP contribution is -2.27. The van der Waals surface area contributed by atoms with Crippen LogP contribution in [0.2, 0.25) is 0 Å². The van der Waals surface area contributed by atoms with Gasteiger partial charge >= 0.3 is 0 Å². The summed E-state index contributed by atoms with van der Waals surface area (Å²) in [6.07, 6.45) is 7.80. The van der Waals surface area contributed by atoms with Crippen LogP contribution in [-0.2, 0) is 0 Å². The molecular formula is C16H27N3O. The molecule has 4 nitrogen and oxygen atoms in total. The molecule has 2 rings (SSSR count). The van der Waals surface area contributed by atoms with E-state index in [9.17, 15) is 0 Å². The van der Waals surface area contributed by atoms with Gasteiger partial charge in [-0.1, -0.05) is 19.8 Å². The van der Waals surface area contributed by atoms with Crippen molar-refractivity contribution in [3.8, 4) is 5.88 Å². The molecule has 0 amide bonds. The summed E-state index contributed by atoms with van der Waals surface area (Å²) in [7, 11) is 0. The van der Waals surface area contributed by atoms with Crippen LogP contribution in [0.5, 0.6) is 5.88 Å². The average Bonchev–Trinajstić information content (AvgIpc) is 2.41. The first kappa shape index (κ1) is 15.1. The second-order valence-electron chi connectivity index (χ2n) is 5.75. The number of anilines is 1. The lowest BCUT2D eigenvalue weighted by atomic mass is 9.83. The maximum Gasteiger partial charge on any atom is 0.226 e. The molecule has 1 aromatic heterocycles. The Morgan fingerprint density at radius 1 is 1.20 bits per heavy atom. The molecule has 0 radical (unpaired) electrons. The number of aromatic nitrogens is 2. The van der Waals surface area contributed by atoms with Gasteiger partial charge in [0.2, 0.25) is 11.8 Å². The van der Waals surface area contributed by atoms with E-state index in [1.807, 2.05) is 19.9 Å². The molecule has 0 unspecified atom stereocenters. The van der Waals surface area contributed by atoms with Crippen molar-refractivity contribution in [2.75, 3.05) is 11.9 Å². The van der Waals surface area contributed by atoms with Gasteiger partial charge in [0.1, 0.15) is 0 Å². The zero-order valence-electron chi connectivity index (χ0n) is 13.0. The van der Waals surface area contributed by atoms with Gasteiger partial charge in [-0.2, -0.15) is 4.98 Å². The van der Waals surface area contributed by atoms with E-state index in [-0.39, 0.29) is 0 Å². The molecule has 1 aromatic rings. The van der Waals surface area contributed by atoms with E-state index in [0.29, 0.717) is 24.5 Å². The fraction of sp³-hybridized carbons (Fsp3) is 0.750. The van der Waals surface area contributed by atoms with Gasteiger partial charge in [-0.3, -0.25) is 0 Å². The summed E-state index contributed by atoms with van der Waals surface area (Å²) in [5.41, 5.74) is 0.950. The first-order valence-corrected chi connectivity index (χ1v) is 7.96. The van der Waals surface area contributed by atoms with Gasteiger partial charge < -0.3 is 10.1 Å². The number of ether oxygens (including phenoxy) is 1. The molecule has 112 valence electrons. The Labute approximate surface area is 122 Å². The zero-order valence-corrected chi connectivity index (χ0v) is 13.0. The summed E-state index contributed by atoms with van der Waals surface area (Å²) in [5, 5.41) is 3.48. The van der Waals surface area contributed by atoms with Gasteiger partial charge in [-0.25, -0.2) is 4.98 Å². The first-order chi connectivity index (χ1) is 9.71. The second kappa shape index (κ2) is 7.46. The van der Waals surface area contributed by atoms with Crippen LogP contribution in [0.3, 0.4) is 0 Å². The van der Waals surface area contributed by atoms with Crippen LogP contribution >= 0.6 is 0 Å². The van der Waals surface area contributed by atoms with Gasteiger partial charge in [-0.15, -0.1) is 0 Å². The number of nitrogens with one attached hydrogen (secondary N) is 1. The summed E-state index contributed by atoms with van der Waals surface area (Å²) in [5.74, 6) is 2.31. The summed E-state index contributed by atoms with van der Waals surface area (Å²) in [6, 6.07) is 2.40. The summed E-state index contributed by atoms with van der Waals surface area (Å²) in [4.78, 5) is 8.89. The zero-order chi connectivity index (χ0) is 14.4. The fourth-order valence-electron chi connectivity index (χ4n) is 3.01. The van der Waals surface area contributed by atoms with Gasteiger partial charge in [0.05, 0.1) is 6.61 Å². The minimum atomic E-state index is 0.513. The van der Waals surface area contributed by atoms with Crippen molar-refractivity contribution in [3.63, 3.8) is 0 Å². The summed E-state index contributed by atoms with van der Waals surface area (Å²) < 4.78 is 5.47. The van der Waals surface area contributed by atoms with Crippen LogP contribution in [0.1, 0.15) is 58.1 Å². The highest BCUT2D eigenvalue weighted by Crippen LogP contribution is 2.29. The minimum Gasteiger partial charge on any atom is -0.478 e. The Bertz CT molecular complexity index is 414. The van der Waals surface area contributed by atoms with Gasteiger partial charge in [0.25, 0.3) is 0 Å². The Hall–Kier alpha value is -1.32. The first-order valence-electron chi connectivity index (χ1n) is 7.96. The van der Waals surface area contributed by atoms with Crippen molar-refractivity contribution in [2.24, 2.45) is 5.92 Å². The molecule has 0 saturated heterocycles. The molecule has 1 aliphatic rings. The molecular weight excluding hydrogens is 250 g/mol. The Morgan fingerprint density at radius 2 is 1.95 bits per heavy atom. The van der Waals surface area contributed by atoms with Crippen LogP contribution in [0.15, 0.2) is 6.07 Å². The van der Waals surface area contributed by atoms with Crippen LogP contribution in [-0.4, -0.2) is 22.6 Å². The Kier molecular flexibility index (Phi) is 5.62. The second-order valence-corrected chi connectivity index (χ2v) is 5.75. The lowest BCUT2D eigenvalue weighted by Gasteiger charge is -2.29. The van der Waals surface area contributed by atoms with E-state index < -0.39 is 0 Å². The van der Waals surface area contributed by atoms with Crippen LogP contribution in [0, 0.1) is 12.8 Å². The van der Waals surface area contributed by atoms with E-state index in [1.54, 1.807) is 0 Å². The molecule has 0 bridgehead atoms. The topological polar surface area (TPSA) is 47.0 Å². The average molecular weight is 277 g/mol. The van der Waals surface area contributed by atoms with Gasteiger partial charge in [-0.05, 0) is 45.4 Å². The van der Waals surface area contributed by atoms with Crippen molar-refractivity contribution in [1.29, 1.82) is 0 Å². The molecule has 0 aliphatic heterocycles. The maximum absolute atomic E-state index is 5.47. The molecule has 1 fully saturated rings. The van der Waals surface area contributed by atoms with Crippen LogP contribution in [0.25, 0.3) is 0 Å². The number of hydrogen-bond acceptors (Lipinski definition) is 4. The molecule has 20 heavy (non-hydrogen) atoms. The predicted molar refractivity (Wildman–Crippen MR) is 82.2 cm³/mol. The summed E-state index contributed by atoms with van der Waals surface area (Å²) >= 11 is 0. The van der Waals surface area contributed by atoms with Crippen molar-refractivity contribution < 1.29 is 4.74 Å². The van der Waals surface area contributed by atoms with Crippen molar-refractivity contribution in [2.45, 2.75) is 65.3 Å². The molecule has 0 aromatic carbocycles. The molecule has 1 saturated carbocycles. The molecule has 1 aliphatic carbocycles. The van der Waals surface area contributed by atoms with Crippen LogP contribution in [0.4, 0.5) is 5.95 Å². The monoisotopic (exact) mass is 277 g/mol. The van der Waals surface area contributed by atoms with E-state index in [0.717, 1.165) is 11.6 Å². The number of rotatable bonds is 6. The van der Waals surface area contributed by atoms with Crippen molar-refractivity contribution >= 4 is 5.95 Å². The SMILES string of the molecule is CCCC1CCC(Nc2nc(C)cc(OCC)n2)CC1. The van der Waals surface area contributed by atoms with Gasteiger partial charge in [0, 0.05) is 17.8 Å². The quantitative estimate of drug-likeness (QED) is 0.855. The molecule has 4 heteroatoms. The predicted octanol–water partition coefficient (Wildman–Crippen LogP) is 3.95. The van der Waals surface area contributed by atoms with E-state index in [1.165, 1.54) is 38.5 Å². The maximum atomic E-state index is 5.47. The highest BCUT2D eigenvalue weighted by molar-refractivity contribution is 5.31. The van der Waals surface area contributed by atoms with E-state index in [4.69, 9.17) is 4.74 Å². The van der Waals surface area contributed by atoms with Gasteiger partial charge in [0.15, 0.2) is 0 Å². The number of aryl methyl sites for hydroxylation is 1. The van der Waals surface area contributed by atoms with Crippen molar-refractivity contribution in [1.82, 2.24) is 9.97 Å². The summed E-state index contributed by atoms with van der Waals surface area (Å²) in [6.45, 7) is 6.87. The van der Waals surface area contributed by atoms with E-state index >= 15 is 0 Å². The van der Waals surface area contributed by atoms with Crippen LogP contribution < -0.4 is 10.1 Å². The third kappa shape index (κ3) is 4.36. The third-order valence-corrected chi connectivity index (χ3v) is 4.00. The molecule has 1 N–H and O–H groups in total. The van der Waals surface area contributed by atoms with Crippen molar-refractivity contribution in [3.05, 3.63) is 11.8 Å². The smallest absolute Gasteiger partial charge is 0.226 e. The Morgan fingerprint density at radius 3 is 2.60 bits per heavy atom. The highest BCUT2D eigenvalue weighted by atomic mass is 16.5. The standard InChI is InChI=1S/C16H27N3O/c1-4-6-13-7-9-14(10-8-13)18-16-17-12(3)11-15(19-16)20-5-2/h11,13-14H,4-10H2,1-3H3,(H,17,18,19). The normalized spacial score (nSPS) is 22.6.